The van der Waals surface area contributed by atoms with Gasteiger partial charge >= 0.3 is 0 Å². The molecule has 328 valence electrons. The lowest BCUT2D eigenvalue weighted by molar-refractivity contribution is 1.26. The molecule has 3 heteroatoms. The van der Waals surface area contributed by atoms with Crippen molar-refractivity contribution in [1.29, 1.82) is 0 Å². The lowest BCUT2D eigenvalue weighted by Gasteiger charge is -2.45. The van der Waals surface area contributed by atoms with Gasteiger partial charge in [0.1, 0.15) is 0 Å². The van der Waals surface area contributed by atoms with E-state index in [1.165, 1.54) is 126 Å². The van der Waals surface area contributed by atoms with E-state index in [2.05, 4.69) is 271 Å². The molecule has 0 atom stereocenters. The largest absolute Gasteiger partial charge is 0.311 e. The Hall–Kier alpha value is -9.18. The standard InChI is InChI=1S/C68H43BN2/c1-3-14-44(15-4-1)46-26-30-58(31-27-46)70-64-40-55-36-51-21-9-7-19-49(51)34-53(55)38-62(64)69-63-39-54-35-50-20-8-10-22-52(50)37-56(54)41-65(63)71(59-32-28-47(29-33-59)45-16-5-2-6-17-45)67-43-57(42-66(70)68(67)69)61-25-13-23-48-18-11-12-24-60(48)61/h1-43H. The van der Waals surface area contributed by atoms with Crippen molar-refractivity contribution in [2.45, 2.75) is 0 Å². The van der Waals surface area contributed by atoms with Crippen LogP contribution in [0.4, 0.5) is 34.1 Å². The third-order valence-electron chi connectivity index (χ3n) is 15.3. The monoisotopic (exact) mass is 898 g/mol. The van der Waals surface area contributed by atoms with Crippen molar-refractivity contribution in [1.82, 2.24) is 0 Å². The van der Waals surface area contributed by atoms with Gasteiger partial charge in [0.2, 0.25) is 0 Å². The van der Waals surface area contributed by atoms with E-state index in [1.54, 1.807) is 0 Å². The highest BCUT2D eigenvalue weighted by Gasteiger charge is 2.44. The van der Waals surface area contributed by atoms with Crippen LogP contribution in [-0.2, 0) is 0 Å². The van der Waals surface area contributed by atoms with Crippen LogP contribution in [0.1, 0.15) is 0 Å². The fourth-order valence-electron chi connectivity index (χ4n) is 11.9. The van der Waals surface area contributed by atoms with E-state index in [0.717, 1.165) is 11.4 Å². The molecule has 0 aliphatic carbocycles. The average molecular weight is 899 g/mol. The smallest absolute Gasteiger partial charge is 0.252 e. The molecule has 0 saturated carbocycles. The third-order valence-corrected chi connectivity index (χ3v) is 15.3. The highest BCUT2D eigenvalue weighted by Crippen LogP contribution is 2.48. The summed E-state index contributed by atoms with van der Waals surface area (Å²) < 4.78 is 0. The van der Waals surface area contributed by atoms with Crippen LogP contribution in [-0.4, -0.2) is 6.71 Å². The molecule has 0 amide bonds. The van der Waals surface area contributed by atoms with E-state index in [9.17, 15) is 0 Å². The number of fused-ring (bicyclic) bond motifs is 9. The second-order valence-electron chi connectivity index (χ2n) is 19.3. The molecule has 0 aromatic heterocycles. The first-order valence-corrected chi connectivity index (χ1v) is 24.7. The molecule has 2 nitrogen and oxygen atoms in total. The van der Waals surface area contributed by atoms with Crippen LogP contribution in [0, 0.1) is 0 Å². The minimum Gasteiger partial charge on any atom is -0.311 e. The Balaban J connectivity index is 1.07. The van der Waals surface area contributed by atoms with E-state index in [-0.39, 0.29) is 6.71 Å². The van der Waals surface area contributed by atoms with E-state index in [4.69, 9.17) is 0 Å². The topological polar surface area (TPSA) is 6.48 Å². The van der Waals surface area contributed by atoms with Gasteiger partial charge in [-0.3, -0.25) is 0 Å². The summed E-state index contributed by atoms with van der Waals surface area (Å²) >= 11 is 0. The van der Waals surface area contributed by atoms with Crippen molar-refractivity contribution in [3.63, 3.8) is 0 Å². The molecular formula is C68H43BN2. The zero-order chi connectivity index (χ0) is 46.6. The predicted octanol–water partition coefficient (Wildman–Crippen LogP) is 16.5. The Kier molecular flexibility index (Phi) is 8.79. The molecule has 0 bridgehead atoms. The number of hydrogen-bond donors (Lipinski definition) is 0. The number of rotatable bonds is 5. The second-order valence-corrected chi connectivity index (χ2v) is 19.3. The Bertz CT molecular complexity index is 4040. The molecule has 0 N–H and O–H groups in total. The molecule has 13 aromatic carbocycles. The zero-order valence-electron chi connectivity index (χ0n) is 38.8. The lowest BCUT2D eigenvalue weighted by Crippen LogP contribution is -2.61. The summed E-state index contributed by atoms with van der Waals surface area (Å²) in [6, 6.07) is 97.5. The van der Waals surface area contributed by atoms with Crippen LogP contribution >= 0.6 is 0 Å². The molecule has 13 aromatic rings. The maximum Gasteiger partial charge on any atom is 0.252 e. The molecule has 15 rings (SSSR count). The van der Waals surface area contributed by atoms with E-state index in [1.807, 2.05) is 0 Å². The number of nitrogens with zero attached hydrogens (tertiary/aromatic N) is 2. The van der Waals surface area contributed by atoms with E-state index in [0.29, 0.717) is 0 Å². The van der Waals surface area contributed by atoms with Crippen molar-refractivity contribution >= 4 is 111 Å². The van der Waals surface area contributed by atoms with Gasteiger partial charge in [-0.15, -0.1) is 0 Å². The van der Waals surface area contributed by atoms with Gasteiger partial charge in [-0.25, -0.2) is 0 Å². The Morgan fingerprint density at radius 3 is 1.08 bits per heavy atom. The van der Waals surface area contributed by atoms with Gasteiger partial charge in [-0.2, -0.15) is 0 Å². The maximum absolute atomic E-state index is 2.57. The van der Waals surface area contributed by atoms with Gasteiger partial charge in [0.25, 0.3) is 6.71 Å². The fraction of sp³-hybridized carbons (Fsp3) is 0. The summed E-state index contributed by atoms with van der Waals surface area (Å²) in [6.07, 6.45) is 0. The van der Waals surface area contributed by atoms with Crippen LogP contribution in [0.15, 0.2) is 261 Å². The molecular weight excluding hydrogens is 856 g/mol. The van der Waals surface area contributed by atoms with Gasteiger partial charge in [-0.05, 0) is 176 Å². The highest BCUT2D eigenvalue weighted by molar-refractivity contribution is 7.00. The van der Waals surface area contributed by atoms with Gasteiger partial charge in [0.05, 0.1) is 0 Å². The first kappa shape index (κ1) is 39.8. The van der Waals surface area contributed by atoms with Crippen LogP contribution in [0.5, 0.6) is 0 Å². The molecule has 2 aliphatic heterocycles. The average Bonchev–Trinajstić information content (AvgIpc) is 3.43. The van der Waals surface area contributed by atoms with Gasteiger partial charge < -0.3 is 9.80 Å². The quantitative estimate of drug-likeness (QED) is 0.125. The van der Waals surface area contributed by atoms with Gasteiger partial charge in [-0.1, -0.05) is 188 Å². The first-order valence-electron chi connectivity index (χ1n) is 24.7. The fourth-order valence-corrected chi connectivity index (χ4v) is 11.9. The molecule has 0 unspecified atom stereocenters. The van der Waals surface area contributed by atoms with E-state index < -0.39 is 0 Å². The molecule has 71 heavy (non-hydrogen) atoms. The SMILES string of the molecule is c1ccc(-c2ccc(N3c4cc5cc6ccccc6cc5cc4B4c5cc6cc7ccccc7cc6cc5N(c5ccc(-c6ccccc6)cc5)c5cc(-c6cccc7ccccc67)cc3c54)cc2)cc1. The minimum atomic E-state index is -0.0713. The highest BCUT2D eigenvalue weighted by atomic mass is 15.2. The Morgan fingerprint density at radius 2 is 0.620 bits per heavy atom. The van der Waals surface area contributed by atoms with Gasteiger partial charge in [0.15, 0.2) is 0 Å². The lowest BCUT2D eigenvalue weighted by atomic mass is 9.33. The van der Waals surface area contributed by atoms with Crippen molar-refractivity contribution in [2.75, 3.05) is 9.80 Å². The number of anilines is 6. The summed E-state index contributed by atoms with van der Waals surface area (Å²) in [6.45, 7) is -0.0713. The third kappa shape index (κ3) is 6.37. The molecule has 0 radical (unpaired) electrons. The number of hydrogen-bond acceptors (Lipinski definition) is 2. The molecule has 2 heterocycles. The summed E-state index contributed by atoms with van der Waals surface area (Å²) in [4.78, 5) is 5.14. The maximum atomic E-state index is 2.57. The number of benzene rings is 13. The summed E-state index contributed by atoms with van der Waals surface area (Å²) in [5, 5.41) is 12.4. The summed E-state index contributed by atoms with van der Waals surface area (Å²) in [5.41, 5.74) is 18.1. The molecule has 2 aliphatic rings. The van der Waals surface area contributed by atoms with Crippen LogP contribution in [0.2, 0.25) is 0 Å². The van der Waals surface area contributed by atoms with Crippen LogP contribution in [0.25, 0.3) is 87.2 Å². The van der Waals surface area contributed by atoms with Crippen LogP contribution < -0.4 is 26.2 Å². The van der Waals surface area contributed by atoms with Gasteiger partial charge in [0, 0.05) is 34.1 Å². The summed E-state index contributed by atoms with van der Waals surface area (Å²) in [7, 11) is 0. The van der Waals surface area contributed by atoms with Crippen molar-refractivity contribution in [3.8, 4) is 33.4 Å². The summed E-state index contributed by atoms with van der Waals surface area (Å²) in [5.74, 6) is 0. The molecule has 0 saturated heterocycles. The zero-order valence-corrected chi connectivity index (χ0v) is 38.8. The predicted molar refractivity (Wildman–Crippen MR) is 304 cm³/mol. The van der Waals surface area contributed by atoms with E-state index >= 15 is 0 Å². The Labute approximate surface area is 413 Å². The van der Waals surface area contributed by atoms with Crippen molar-refractivity contribution in [3.05, 3.63) is 261 Å². The second kappa shape index (κ2) is 15.7. The van der Waals surface area contributed by atoms with Crippen molar-refractivity contribution < 1.29 is 0 Å². The first-order chi connectivity index (χ1) is 35.2. The molecule has 0 spiro atoms. The minimum absolute atomic E-state index is 0.0713. The molecule has 0 fully saturated rings. The van der Waals surface area contributed by atoms with Crippen molar-refractivity contribution in [2.24, 2.45) is 0 Å². The Morgan fingerprint density at radius 1 is 0.239 bits per heavy atom. The van der Waals surface area contributed by atoms with Crippen LogP contribution in [0.3, 0.4) is 0 Å². The normalized spacial score (nSPS) is 12.7.